The Morgan fingerprint density at radius 1 is 1.37 bits per heavy atom. The summed E-state index contributed by atoms with van der Waals surface area (Å²) in [6.07, 6.45) is 6.68. The maximum absolute atomic E-state index is 11.4. The number of nitrogens with zero attached hydrogens (tertiary/aromatic N) is 1. The molecule has 0 amide bonds. The van der Waals surface area contributed by atoms with Gasteiger partial charge >= 0.3 is 5.97 Å². The normalized spacial score (nSPS) is 19.2. The van der Waals surface area contributed by atoms with Gasteiger partial charge in [0.15, 0.2) is 0 Å². The van der Waals surface area contributed by atoms with Crippen molar-refractivity contribution in [1.29, 1.82) is 0 Å². The van der Waals surface area contributed by atoms with Crippen LogP contribution >= 0.6 is 0 Å². The molecule has 1 heterocycles. The number of methoxy groups -OCH3 is 1. The third kappa shape index (κ3) is 5.74. The second-order valence-corrected chi connectivity index (χ2v) is 5.18. The molecule has 1 unspecified atom stereocenters. The first-order valence-corrected chi connectivity index (χ1v) is 7.41. The van der Waals surface area contributed by atoms with Crippen LogP contribution in [0.1, 0.15) is 39.5 Å². The van der Waals surface area contributed by atoms with Gasteiger partial charge in [0.2, 0.25) is 0 Å². The average Bonchev–Trinajstić information content (AvgIpc) is 2.47. The van der Waals surface area contributed by atoms with Crippen LogP contribution in [0.25, 0.3) is 0 Å². The molecule has 0 aliphatic carbocycles. The lowest BCUT2D eigenvalue weighted by molar-refractivity contribution is -0.136. The Morgan fingerprint density at radius 3 is 2.63 bits per heavy atom. The Balaban J connectivity index is 2.25. The lowest BCUT2D eigenvalue weighted by Gasteiger charge is -2.32. The first-order chi connectivity index (χ1) is 9.19. The lowest BCUT2D eigenvalue weighted by Crippen LogP contribution is -2.43. The molecule has 0 aromatic heterocycles. The number of hydrogen-bond acceptors (Lipinski definition) is 4. The third-order valence-corrected chi connectivity index (χ3v) is 3.78. The molecule has 0 saturated carbocycles. The predicted octanol–water partition coefficient (Wildman–Crippen LogP) is 1.96. The fourth-order valence-corrected chi connectivity index (χ4v) is 2.48. The van der Waals surface area contributed by atoms with E-state index < -0.39 is 0 Å². The van der Waals surface area contributed by atoms with Crippen molar-refractivity contribution in [2.75, 3.05) is 33.3 Å². The summed E-state index contributed by atoms with van der Waals surface area (Å²) < 4.78 is 4.73. The monoisotopic (exact) mass is 268 g/mol. The molecule has 0 bridgehead atoms. The van der Waals surface area contributed by atoms with Gasteiger partial charge in [-0.3, -0.25) is 4.90 Å². The molecule has 1 atom stereocenters. The highest BCUT2D eigenvalue weighted by atomic mass is 16.5. The van der Waals surface area contributed by atoms with Gasteiger partial charge in [-0.2, -0.15) is 0 Å². The summed E-state index contributed by atoms with van der Waals surface area (Å²) in [5, 5.41) is 3.40. The number of carbonyl (C=O) groups excluding carboxylic acids is 1. The zero-order chi connectivity index (χ0) is 14.1. The van der Waals surface area contributed by atoms with Crippen LogP contribution in [0.5, 0.6) is 0 Å². The molecule has 1 aliphatic rings. The van der Waals surface area contributed by atoms with Gasteiger partial charge in [0, 0.05) is 24.7 Å². The highest BCUT2D eigenvalue weighted by molar-refractivity contribution is 5.88. The van der Waals surface area contributed by atoms with E-state index in [-0.39, 0.29) is 5.97 Å². The maximum Gasteiger partial charge on any atom is 0.333 e. The van der Waals surface area contributed by atoms with Crippen LogP contribution in [-0.4, -0.2) is 50.2 Å². The van der Waals surface area contributed by atoms with Crippen molar-refractivity contribution < 1.29 is 9.53 Å². The van der Waals surface area contributed by atoms with Crippen molar-refractivity contribution in [2.24, 2.45) is 0 Å². The smallest absolute Gasteiger partial charge is 0.333 e. The average molecular weight is 268 g/mol. The van der Waals surface area contributed by atoms with Gasteiger partial charge < -0.3 is 10.1 Å². The van der Waals surface area contributed by atoms with Crippen LogP contribution in [-0.2, 0) is 9.53 Å². The van der Waals surface area contributed by atoms with Crippen molar-refractivity contribution in [3.63, 3.8) is 0 Å². The molecule has 4 nitrogen and oxygen atoms in total. The number of carbonyl (C=O) groups is 1. The second kappa shape index (κ2) is 9.10. The fourth-order valence-electron chi connectivity index (χ4n) is 2.48. The van der Waals surface area contributed by atoms with Crippen LogP contribution in [0, 0.1) is 0 Å². The fraction of sp³-hybridized carbons (Fsp3) is 0.800. The largest absolute Gasteiger partial charge is 0.466 e. The number of ether oxygens (including phenoxy) is 1. The number of rotatable bonds is 7. The molecule has 1 saturated heterocycles. The molecule has 4 heteroatoms. The van der Waals surface area contributed by atoms with E-state index in [2.05, 4.69) is 17.1 Å². The SMILES string of the molecule is CCC(=CCNCC(C)N1CCCCC1)C(=O)OC. The summed E-state index contributed by atoms with van der Waals surface area (Å²) in [6.45, 7) is 8.38. The predicted molar refractivity (Wildman–Crippen MR) is 78.1 cm³/mol. The highest BCUT2D eigenvalue weighted by Crippen LogP contribution is 2.11. The Labute approximate surface area is 117 Å². The van der Waals surface area contributed by atoms with Crippen molar-refractivity contribution in [3.05, 3.63) is 11.6 Å². The molecule has 19 heavy (non-hydrogen) atoms. The van der Waals surface area contributed by atoms with Crippen LogP contribution in [0.3, 0.4) is 0 Å². The molecule has 1 N–H and O–H groups in total. The van der Waals surface area contributed by atoms with Crippen molar-refractivity contribution in [2.45, 2.75) is 45.6 Å². The Bertz CT molecular complexity index is 297. The Morgan fingerprint density at radius 2 is 2.05 bits per heavy atom. The number of nitrogens with one attached hydrogen (secondary N) is 1. The van der Waals surface area contributed by atoms with Gasteiger partial charge in [-0.1, -0.05) is 19.4 Å². The van der Waals surface area contributed by atoms with E-state index in [1.807, 2.05) is 13.0 Å². The van der Waals surface area contributed by atoms with E-state index in [1.54, 1.807) is 0 Å². The van der Waals surface area contributed by atoms with Gasteiger partial charge in [0.25, 0.3) is 0 Å². The zero-order valence-electron chi connectivity index (χ0n) is 12.6. The Hall–Kier alpha value is -0.870. The summed E-state index contributed by atoms with van der Waals surface area (Å²) in [6, 6.07) is 0.567. The topological polar surface area (TPSA) is 41.6 Å². The summed E-state index contributed by atoms with van der Waals surface area (Å²) in [5.41, 5.74) is 0.751. The Kier molecular flexibility index (Phi) is 7.75. The van der Waals surface area contributed by atoms with E-state index in [9.17, 15) is 4.79 Å². The number of hydrogen-bond donors (Lipinski definition) is 1. The molecule has 1 aliphatic heterocycles. The molecular formula is C15H28N2O2. The third-order valence-electron chi connectivity index (χ3n) is 3.78. The first kappa shape index (κ1) is 16.2. The molecule has 110 valence electrons. The molecular weight excluding hydrogens is 240 g/mol. The van der Waals surface area contributed by atoms with Crippen LogP contribution < -0.4 is 5.32 Å². The van der Waals surface area contributed by atoms with Crippen molar-refractivity contribution >= 4 is 5.97 Å². The zero-order valence-corrected chi connectivity index (χ0v) is 12.6. The van der Waals surface area contributed by atoms with Gasteiger partial charge in [0.05, 0.1) is 7.11 Å². The maximum atomic E-state index is 11.4. The van der Waals surface area contributed by atoms with E-state index >= 15 is 0 Å². The minimum atomic E-state index is -0.214. The van der Waals surface area contributed by atoms with Gasteiger partial charge in [-0.05, 0) is 39.3 Å². The lowest BCUT2D eigenvalue weighted by atomic mass is 10.1. The van der Waals surface area contributed by atoms with E-state index in [0.29, 0.717) is 6.04 Å². The highest BCUT2D eigenvalue weighted by Gasteiger charge is 2.15. The standard InChI is InChI=1S/C15H28N2O2/c1-4-14(15(18)19-3)8-9-16-12-13(2)17-10-6-5-7-11-17/h8,13,16H,4-7,9-12H2,1-3H3. The number of piperidine rings is 1. The van der Waals surface area contributed by atoms with E-state index in [4.69, 9.17) is 4.74 Å². The summed E-state index contributed by atoms with van der Waals surface area (Å²) in [4.78, 5) is 13.9. The quantitative estimate of drug-likeness (QED) is 0.435. The van der Waals surface area contributed by atoms with Crippen LogP contribution in [0.15, 0.2) is 11.6 Å². The molecule has 0 aromatic rings. The molecule has 1 rings (SSSR count). The van der Waals surface area contributed by atoms with Crippen molar-refractivity contribution in [1.82, 2.24) is 10.2 Å². The minimum absolute atomic E-state index is 0.214. The second-order valence-electron chi connectivity index (χ2n) is 5.18. The van der Waals surface area contributed by atoms with Crippen molar-refractivity contribution in [3.8, 4) is 0 Å². The minimum Gasteiger partial charge on any atom is -0.466 e. The molecule has 0 spiro atoms. The van der Waals surface area contributed by atoms with Crippen LogP contribution in [0.2, 0.25) is 0 Å². The summed E-state index contributed by atoms with van der Waals surface area (Å²) in [7, 11) is 1.43. The number of likely N-dealkylation sites (tertiary alicyclic amines) is 1. The van der Waals surface area contributed by atoms with E-state index in [0.717, 1.165) is 25.1 Å². The van der Waals surface area contributed by atoms with E-state index in [1.165, 1.54) is 39.5 Å². The molecule has 0 aromatic carbocycles. The first-order valence-electron chi connectivity index (χ1n) is 7.41. The summed E-state index contributed by atoms with van der Waals surface area (Å²) in [5.74, 6) is -0.214. The van der Waals surface area contributed by atoms with Gasteiger partial charge in [0.1, 0.15) is 0 Å². The van der Waals surface area contributed by atoms with Gasteiger partial charge in [-0.15, -0.1) is 0 Å². The summed E-state index contributed by atoms with van der Waals surface area (Å²) >= 11 is 0. The molecule has 0 radical (unpaired) electrons. The number of esters is 1. The van der Waals surface area contributed by atoms with Gasteiger partial charge in [-0.25, -0.2) is 4.79 Å². The van der Waals surface area contributed by atoms with Crippen LogP contribution in [0.4, 0.5) is 0 Å². The molecule has 1 fully saturated rings.